The molecule has 0 unspecified atom stereocenters. The van der Waals surface area contributed by atoms with E-state index in [2.05, 4.69) is 18.8 Å². The summed E-state index contributed by atoms with van der Waals surface area (Å²) in [7, 11) is 0. The molecule has 0 amide bonds. The van der Waals surface area contributed by atoms with Crippen LogP contribution in [-0.2, 0) is 11.3 Å². The molecule has 96 valence electrons. The van der Waals surface area contributed by atoms with Crippen molar-refractivity contribution in [2.75, 3.05) is 19.8 Å². The molecule has 0 aliphatic heterocycles. The first-order valence-electron chi connectivity index (χ1n) is 5.68. The van der Waals surface area contributed by atoms with Gasteiger partial charge in [-0.1, -0.05) is 25.4 Å². The Hall–Kier alpha value is -0.840. The van der Waals surface area contributed by atoms with Crippen molar-refractivity contribution < 1.29 is 9.47 Å². The maximum Gasteiger partial charge on any atom is 0.232 e. The van der Waals surface area contributed by atoms with Gasteiger partial charge in [-0.2, -0.15) is 0 Å². The number of halogens is 1. The Morgan fingerprint density at radius 2 is 2.18 bits per heavy atom. The lowest BCUT2D eigenvalue weighted by atomic mass is 10.2. The van der Waals surface area contributed by atoms with E-state index >= 15 is 0 Å². The first kappa shape index (κ1) is 14.2. The Labute approximate surface area is 107 Å². The number of nitrogens with zero attached hydrogens (tertiary/aromatic N) is 1. The van der Waals surface area contributed by atoms with Gasteiger partial charge >= 0.3 is 0 Å². The molecule has 0 bridgehead atoms. The van der Waals surface area contributed by atoms with Crippen LogP contribution in [0.1, 0.15) is 19.4 Å². The topological polar surface area (TPSA) is 57.4 Å². The maximum atomic E-state index is 5.99. The van der Waals surface area contributed by atoms with Gasteiger partial charge in [-0.05, 0) is 17.5 Å². The van der Waals surface area contributed by atoms with E-state index in [0.29, 0.717) is 36.6 Å². The van der Waals surface area contributed by atoms with Crippen LogP contribution in [0.5, 0.6) is 5.88 Å². The van der Waals surface area contributed by atoms with Crippen molar-refractivity contribution in [2.24, 2.45) is 11.7 Å². The monoisotopic (exact) mass is 258 g/mol. The minimum Gasteiger partial charge on any atom is -0.474 e. The normalized spacial score (nSPS) is 10.9. The molecule has 4 nitrogen and oxygen atoms in total. The fourth-order valence-electron chi connectivity index (χ4n) is 1.20. The lowest BCUT2D eigenvalue weighted by Crippen LogP contribution is -2.11. The quantitative estimate of drug-likeness (QED) is 0.762. The summed E-state index contributed by atoms with van der Waals surface area (Å²) in [6.45, 7) is 6.34. The van der Waals surface area contributed by atoms with Gasteiger partial charge in [0.05, 0.1) is 6.61 Å². The zero-order chi connectivity index (χ0) is 12.7. The predicted octanol–water partition coefficient (Wildman–Crippen LogP) is 2.25. The zero-order valence-electron chi connectivity index (χ0n) is 10.3. The van der Waals surface area contributed by atoms with Crippen LogP contribution in [0.25, 0.3) is 0 Å². The molecule has 17 heavy (non-hydrogen) atoms. The first-order valence-corrected chi connectivity index (χ1v) is 6.06. The highest BCUT2D eigenvalue weighted by atomic mass is 35.5. The van der Waals surface area contributed by atoms with Gasteiger partial charge in [0, 0.05) is 19.3 Å². The van der Waals surface area contributed by atoms with E-state index in [0.717, 1.165) is 12.2 Å². The van der Waals surface area contributed by atoms with Gasteiger partial charge in [0.15, 0.2) is 0 Å². The molecule has 0 spiro atoms. The van der Waals surface area contributed by atoms with Gasteiger partial charge in [-0.25, -0.2) is 4.98 Å². The summed E-state index contributed by atoms with van der Waals surface area (Å²) in [6.07, 6.45) is 1.66. The van der Waals surface area contributed by atoms with E-state index in [1.54, 1.807) is 12.3 Å². The summed E-state index contributed by atoms with van der Waals surface area (Å²) in [5, 5.41) is 0.483. The van der Waals surface area contributed by atoms with Gasteiger partial charge in [0.25, 0.3) is 0 Å². The highest BCUT2D eigenvalue weighted by Crippen LogP contribution is 2.21. The molecule has 0 fully saturated rings. The maximum absolute atomic E-state index is 5.99. The highest BCUT2D eigenvalue weighted by Gasteiger charge is 2.04. The van der Waals surface area contributed by atoms with Crippen LogP contribution < -0.4 is 10.5 Å². The number of nitrogens with two attached hydrogens (primary N) is 1. The van der Waals surface area contributed by atoms with Crippen molar-refractivity contribution in [3.8, 4) is 5.88 Å². The highest BCUT2D eigenvalue weighted by molar-refractivity contribution is 6.31. The van der Waals surface area contributed by atoms with Gasteiger partial charge in [-0.15, -0.1) is 0 Å². The fraction of sp³-hybridized carbons (Fsp3) is 0.583. The number of hydrogen-bond acceptors (Lipinski definition) is 4. The number of rotatable bonds is 7. The van der Waals surface area contributed by atoms with Crippen LogP contribution in [-0.4, -0.2) is 24.8 Å². The molecule has 0 aliphatic rings. The van der Waals surface area contributed by atoms with Crippen molar-refractivity contribution in [2.45, 2.75) is 20.4 Å². The minimum atomic E-state index is 0.421. The van der Waals surface area contributed by atoms with Crippen LogP contribution in [0.15, 0.2) is 12.3 Å². The van der Waals surface area contributed by atoms with Crippen molar-refractivity contribution in [1.29, 1.82) is 0 Å². The molecule has 0 radical (unpaired) electrons. The van der Waals surface area contributed by atoms with Gasteiger partial charge in [0.2, 0.25) is 5.88 Å². The standard InChI is InChI=1S/C12H19ClN2O2/c1-9(2)8-16-3-4-17-12-11(13)5-10(6-14)7-15-12/h5,7,9H,3-4,6,8,14H2,1-2H3. The van der Waals surface area contributed by atoms with Crippen LogP contribution in [0.3, 0.4) is 0 Å². The fourth-order valence-corrected chi connectivity index (χ4v) is 1.44. The van der Waals surface area contributed by atoms with E-state index in [1.807, 2.05) is 0 Å². The van der Waals surface area contributed by atoms with E-state index in [1.165, 1.54) is 0 Å². The predicted molar refractivity (Wildman–Crippen MR) is 68.3 cm³/mol. The number of hydrogen-bond donors (Lipinski definition) is 1. The average molecular weight is 259 g/mol. The summed E-state index contributed by atoms with van der Waals surface area (Å²) < 4.78 is 10.8. The molecular formula is C12H19ClN2O2. The molecule has 0 aromatic carbocycles. The molecule has 0 atom stereocenters. The average Bonchev–Trinajstić information content (AvgIpc) is 2.30. The first-order chi connectivity index (χ1) is 8.13. The SMILES string of the molecule is CC(C)COCCOc1ncc(CN)cc1Cl. The molecule has 5 heteroatoms. The second-order valence-electron chi connectivity index (χ2n) is 4.15. The molecule has 0 aliphatic carbocycles. The van der Waals surface area contributed by atoms with Gasteiger partial charge in [0.1, 0.15) is 11.6 Å². The second-order valence-corrected chi connectivity index (χ2v) is 4.56. The van der Waals surface area contributed by atoms with Crippen molar-refractivity contribution in [3.05, 3.63) is 22.8 Å². The molecule has 1 aromatic heterocycles. The summed E-state index contributed by atoms with van der Waals surface area (Å²) in [5.74, 6) is 0.956. The van der Waals surface area contributed by atoms with Crippen molar-refractivity contribution in [1.82, 2.24) is 4.98 Å². The molecule has 1 heterocycles. The number of pyridine rings is 1. The van der Waals surface area contributed by atoms with Crippen LogP contribution in [0, 0.1) is 5.92 Å². The molecule has 1 rings (SSSR count). The summed E-state index contributed by atoms with van der Waals surface area (Å²) in [6, 6.07) is 1.76. The second kappa shape index (κ2) is 7.48. The molecule has 0 saturated carbocycles. The van der Waals surface area contributed by atoms with Crippen LogP contribution in [0.2, 0.25) is 5.02 Å². The van der Waals surface area contributed by atoms with Gasteiger partial charge < -0.3 is 15.2 Å². The summed E-state index contributed by atoms with van der Waals surface area (Å²) in [4.78, 5) is 4.09. The lowest BCUT2D eigenvalue weighted by Gasteiger charge is -2.09. The Balaban J connectivity index is 2.32. The number of aromatic nitrogens is 1. The largest absolute Gasteiger partial charge is 0.474 e. The minimum absolute atomic E-state index is 0.421. The Morgan fingerprint density at radius 3 is 2.76 bits per heavy atom. The third-order valence-electron chi connectivity index (χ3n) is 2.02. The van der Waals surface area contributed by atoms with Crippen molar-refractivity contribution >= 4 is 11.6 Å². The van der Waals surface area contributed by atoms with Gasteiger partial charge in [-0.3, -0.25) is 0 Å². The Kier molecular flexibility index (Phi) is 6.26. The summed E-state index contributed by atoms with van der Waals surface area (Å²) in [5.41, 5.74) is 6.36. The third-order valence-corrected chi connectivity index (χ3v) is 2.29. The van der Waals surface area contributed by atoms with E-state index < -0.39 is 0 Å². The van der Waals surface area contributed by atoms with Crippen LogP contribution >= 0.6 is 11.6 Å². The molecule has 2 N–H and O–H groups in total. The zero-order valence-corrected chi connectivity index (χ0v) is 11.0. The van der Waals surface area contributed by atoms with E-state index in [9.17, 15) is 0 Å². The molecule has 1 aromatic rings. The third kappa shape index (κ3) is 5.35. The Bertz CT molecular complexity index is 345. The smallest absolute Gasteiger partial charge is 0.232 e. The van der Waals surface area contributed by atoms with Crippen molar-refractivity contribution in [3.63, 3.8) is 0 Å². The van der Waals surface area contributed by atoms with E-state index in [-0.39, 0.29) is 0 Å². The van der Waals surface area contributed by atoms with E-state index in [4.69, 9.17) is 26.8 Å². The lowest BCUT2D eigenvalue weighted by molar-refractivity contribution is 0.0806. The van der Waals surface area contributed by atoms with Crippen LogP contribution in [0.4, 0.5) is 0 Å². The Morgan fingerprint density at radius 1 is 1.41 bits per heavy atom. The number of ether oxygens (including phenoxy) is 2. The summed E-state index contributed by atoms with van der Waals surface area (Å²) >= 11 is 5.99. The molecular weight excluding hydrogens is 240 g/mol. The molecule has 0 saturated heterocycles.